The van der Waals surface area contributed by atoms with Crippen LogP contribution in [0.3, 0.4) is 0 Å². The third kappa shape index (κ3) is 5.21. The number of hydrogen-bond donors (Lipinski definition) is 1. The van der Waals surface area contributed by atoms with Crippen molar-refractivity contribution in [3.05, 3.63) is 84.4 Å². The van der Waals surface area contributed by atoms with Crippen molar-refractivity contribution in [2.24, 2.45) is 0 Å². The molecule has 3 aromatic carbocycles. The van der Waals surface area contributed by atoms with Crippen LogP contribution in [-0.4, -0.2) is 12.5 Å². The molecule has 1 N–H and O–H groups in total. The normalized spacial score (nSPS) is 10.3. The van der Waals surface area contributed by atoms with Crippen LogP contribution < -0.4 is 10.1 Å². The third-order valence-electron chi connectivity index (χ3n) is 4.08. The number of nitrogens with one attached hydrogen (secondary N) is 1. The number of benzene rings is 3. The first-order chi connectivity index (χ1) is 12.7. The first-order valence-corrected chi connectivity index (χ1v) is 8.85. The molecule has 3 heteroatoms. The second-order valence-electron chi connectivity index (χ2n) is 6.26. The number of rotatable bonds is 7. The maximum absolute atomic E-state index is 12.1. The zero-order valence-corrected chi connectivity index (χ0v) is 14.9. The predicted molar refractivity (Wildman–Crippen MR) is 106 cm³/mol. The molecule has 0 aliphatic carbocycles. The number of carbonyl (C=O) groups excluding carboxylic acids is 1. The van der Waals surface area contributed by atoms with E-state index in [4.69, 9.17) is 4.74 Å². The zero-order valence-electron chi connectivity index (χ0n) is 14.9. The van der Waals surface area contributed by atoms with Crippen LogP contribution in [0.25, 0.3) is 11.1 Å². The van der Waals surface area contributed by atoms with Gasteiger partial charge in [0.1, 0.15) is 5.75 Å². The molecule has 0 radical (unpaired) electrons. The fourth-order valence-electron chi connectivity index (χ4n) is 2.73. The van der Waals surface area contributed by atoms with Gasteiger partial charge in [-0.25, -0.2) is 0 Å². The number of aryl methyl sites for hydroxylation is 1. The summed E-state index contributed by atoms with van der Waals surface area (Å²) in [5, 5.41) is 2.93. The van der Waals surface area contributed by atoms with E-state index in [9.17, 15) is 4.79 Å². The van der Waals surface area contributed by atoms with Crippen molar-refractivity contribution in [1.29, 1.82) is 0 Å². The van der Waals surface area contributed by atoms with E-state index in [-0.39, 0.29) is 5.91 Å². The molecule has 3 nitrogen and oxygen atoms in total. The minimum absolute atomic E-state index is 0.00491. The molecule has 0 aromatic heterocycles. The van der Waals surface area contributed by atoms with E-state index in [1.807, 2.05) is 73.7 Å². The Morgan fingerprint density at radius 1 is 0.885 bits per heavy atom. The van der Waals surface area contributed by atoms with Crippen LogP contribution in [0.1, 0.15) is 18.4 Å². The quantitative estimate of drug-likeness (QED) is 0.577. The number of carbonyl (C=O) groups is 1. The molecule has 26 heavy (non-hydrogen) atoms. The molecule has 0 atom stereocenters. The Bertz CT molecular complexity index is 842. The van der Waals surface area contributed by atoms with Crippen LogP contribution in [0.15, 0.2) is 78.9 Å². The highest BCUT2D eigenvalue weighted by atomic mass is 16.5. The maximum atomic E-state index is 12.1. The minimum atomic E-state index is 0.00491. The van der Waals surface area contributed by atoms with E-state index in [0.717, 1.165) is 17.0 Å². The average Bonchev–Trinajstić information content (AvgIpc) is 2.67. The van der Waals surface area contributed by atoms with E-state index in [0.29, 0.717) is 19.4 Å². The molecular formula is C23H23NO2. The molecule has 3 rings (SSSR count). The molecule has 0 aliphatic rings. The standard InChI is InChI=1S/C23H23NO2/c1-18-7-5-10-22(17-18)26-16-6-11-23(25)24-21-14-12-20(13-15-21)19-8-3-2-4-9-19/h2-5,7-10,12-15,17H,6,11,16H2,1H3,(H,24,25). The molecule has 1 amide bonds. The van der Waals surface area contributed by atoms with Crippen LogP contribution in [0, 0.1) is 6.92 Å². The monoisotopic (exact) mass is 345 g/mol. The molecule has 0 spiro atoms. The highest BCUT2D eigenvalue weighted by molar-refractivity contribution is 5.90. The Labute approximate surface area is 154 Å². The topological polar surface area (TPSA) is 38.3 Å². The predicted octanol–water partition coefficient (Wildman–Crippen LogP) is 5.46. The fourth-order valence-corrected chi connectivity index (χ4v) is 2.73. The van der Waals surface area contributed by atoms with Crippen molar-refractivity contribution in [3.8, 4) is 16.9 Å². The second kappa shape index (κ2) is 8.86. The van der Waals surface area contributed by atoms with Gasteiger partial charge in [0.15, 0.2) is 0 Å². The molecule has 132 valence electrons. The summed E-state index contributed by atoms with van der Waals surface area (Å²) in [6, 6.07) is 26.0. The summed E-state index contributed by atoms with van der Waals surface area (Å²) in [4.78, 5) is 12.1. The van der Waals surface area contributed by atoms with Gasteiger partial charge in [-0.3, -0.25) is 4.79 Å². The zero-order chi connectivity index (χ0) is 18.2. The number of ether oxygens (including phenoxy) is 1. The van der Waals surface area contributed by atoms with E-state index >= 15 is 0 Å². The average molecular weight is 345 g/mol. The van der Waals surface area contributed by atoms with Crippen molar-refractivity contribution in [2.75, 3.05) is 11.9 Å². The van der Waals surface area contributed by atoms with Crippen molar-refractivity contribution in [2.45, 2.75) is 19.8 Å². The molecule has 0 bridgehead atoms. The molecule has 0 heterocycles. The van der Waals surface area contributed by atoms with E-state index < -0.39 is 0 Å². The van der Waals surface area contributed by atoms with Gasteiger partial charge in [0, 0.05) is 12.1 Å². The van der Waals surface area contributed by atoms with Crippen LogP contribution in [0.5, 0.6) is 5.75 Å². The van der Waals surface area contributed by atoms with Gasteiger partial charge in [-0.1, -0.05) is 54.6 Å². The Hall–Kier alpha value is -3.07. The summed E-state index contributed by atoms with van der Waals surface area (Å²) >= 11 is 0. The smallest absolute Gasteiger partial charge is 0.224 e. The summed E-state index contributed by atoms with van der Waals surface area (Å²) < 4.78 is 5.67. The SMILES string of the molecule is Cc1cccc(OCCCC(=O)Nc2ccc(-c3ccccc3)cc2)c1. The van der Waals surface area contributed by atoms with Gasteiger partial charge >= 0.3 is 0 Å². The lowest BCUT2D eigenvalue weighted by Crippen LogP contribution is -2.12. The van der Waals surface area contributed by atoms with Crippen molar-refractivity contribution in [1.82, 2.24) is 0 Å². The molecule has 3 aromatic rings. The molecule has 0 unspecified atom stereocenters. The van der Waals surface area contributed by atoms with Gasteiger partial charge in [-0.2, -0.15) is 0 Å². The lowest BCUT2D eigenvalue weighted by atomic mass is 10.1. The van der Waals surface area contributed by atoms with E-state index in [1.165, 1.54) is 11.1 Å². The Morgan fingerprint density at radius 3 is 2.35 bits per heavy atom. The number of hydrogen-bond acceptors (Lipinski definition) is 2. The van der Waals surface area contributed by atoms with Gasteiger partial charge < -0.3 is 10.1 Å². The first kappa shape index (κ1) is 17.7. The Balaban J connectivity index is 1.43. The summed E-state index contributed by atoms with van der Waals surface area (Å²) in [6.07, 6.45) is 1.12. The molecule has 0 saturated heterocycles. The highest BCUT2D eigenvalue weighted by Crippen LogP contribution is 2.21. The van der Waals surface area contributed by atoms with Crippen molar-refractivity contribution >= 4 is 11.6 Å². The van der Waals surface area contributed by atoms with Gasteiger partial charge in [-0.15, -0.1) is 0 Å². The molecule has 0 aliphatic heterocycles. The fraction of sp³-hybridized carbons (Fsp3) is 0.174. The van der Waals surface area contributed by atoms with E-state index in [2.05, 4.69) is 17.4 Å². The maximum Gasteiger partial charge on any atom is 0.224 e. The van der Waals surface area contributed by atoms with Crippen LogP contribution >= 0.6 is 0 Å². The third-order valence-corrected chi connectivity index (χ3v) is 4.08. The van der Waals surface area contributed by atoms with Gasteiger partial charge in [-0.05, 0) is 54.3 Å². The second-order valence-corrected chi connectivity index (χ2v) is 6.26. The summed E-state index contributed by atoms with van der Waals surface area (Å²) in [6.45, 7) is 2.56. The summed E-state index contributed by atoms with van der Waals surface area (Å²) in [5.41, 5.74) is 4.28. The minimum Gasteiger partial charge on any atom is -0.494 e. The largest absolute Gasteiger partial charge is 0.494 e. The molecule has 0 fully saturated rings. The Morgan fingerprint density at radius 2 is 1.62 bits per heavy atom. The number of anilines is 1. The van der Waals surface area contributed by atoms with Crippen LogP contribution in [0.4, 0.5) is 5.69 Å². The summed E-state index contributed by atoms with van der Waals surface area (Å²) in [5.74, 6) is 0.854. The lowest BCUT2D eigenvalue weighted by Gasteiger charge is -2.08. The molecular weight excluding hydrogens is 322 g/mol. The van der Waals surface area contributed by atoms with Gasteiger partial charge in [0.2, 0.25) is 5.91 Å². The van der Waals surface area contributed by atoms with Gasteiger partial charge in [0.25, 0.3) is 0 Å². The van der Waals surface area contributed by atoms with E-state index in [1.54, 1.807) is 0 Å². The van der Waals surface area contributed by atoms with Crippen molar-refractivity contribution in [3.63, 3.8) is 0 Å². The van der Waals surface area contributed by atoms with Crippen LogP contribution in [-0.2, 0) is 4.79 Å². The van der Waals surface area contributed by atoms with Crippen molar-refractivity contribution < 1.29 is 9.53 Å². The summed E-state index contributed by atoms with van der Waals surface area (Å²) in [7, 11) is 0. The van der Waals surface area contributed by atoms with Crippen LogP contribution in [0.2, 0.25) is 0 Å². The Kier molecular flexibility index (Phi) is 6.05. The molecule has 0 saturated carbocycles. The van der Waals surface area contributed by atoms with Gasteiger partial charge in [0.05, 0.1) is 6.61 Å². The highest BCUT2D eigenvalue weighted by Gasteiger charge is 2.04. The number of amides is 1. The lowest BCUT2D eigenvalue weighted by molar-refractivity contribution is -0.116. The first-order valence-electron chi connectivity index (χ1n) is 8.85.